The van der Waals surface area contributed by atoms with Crippen LogP contribution in [-0.4, -0.2) is 10.9 Å². The summed E-state index contributed by atoms with van der Waals surface area (Å²) in [5.41, 5.74) is 2.23. The highest BCUT2D eigenvalue weighted by Gasteiger charge is 2.07. The van der Waals surface area contributed by atoms with E-state index in [4.69, 9.17) is 5.26 Å². The van der Waals surface area contributed by atoms with E-state index >= 15 is 0 Å². The molecule has 1 heterocycles. The van der Waals surface area contributed by atoms with Crippen molar-refractivity contribution < 1.29 is 4.79 Å². The number of aromatic amines is 1. The highest BCUT2D eigenvalue weighted by atomic mass is 32.2. The molecule has 0 aliphatic heterocycles. The predicted molar refractivity (Wildman–Crippen MR) is 84.2 cm³/mol. The first-order valence-electron chi connectivity index (χ1n) is 6.31. The van der Waals surface area contributed by atoms with Gasteiger partial charge < -0.3 is 10.3 Å². The maximum atomic E-state index is 12.2. The van der Waals surface area contributed by atoms with Gasteiger partial charge in [-0.1, -0.05) is 6.07 Å². The monoisotopic (exact) mass is 293 g/mol. The number of rotatable bonds is 3. The Bertz CT molecular complexity index is 831. The van der Waals surface area contributed by atoms with Crippen molar-refractivity contribution in [2.75, 3.05) is 5.32 Å². The zero-order valence-corrected chi connectivity index (χ0v) is 11.8. The topological polar surface area (TPSA) is 68.7 Å². The smallest absolute Gasteiger partial charge is 0.255 e. The summed E-state index contributed by atoms with van der Waals surface area (Å²) in [6.45, 7) is 0. The van der Waals surface area contributed by atoms with Crippen molar-refractivity contribution in [3.63, 3.8) is 0 Å². The van der Waals surface area contributed by atoms with Gasteiger partial charge in [0, 0.05) is 27.9 Å². The molecule has 5 heteroatoms. The SMILES string of the molecule is N#CSc1ccc(NC(=O)c2ccc3cc[nH]c3c2)cc1. The Morgan fingerprint density at radius 2 is 1.95 bits per heavy atom. The van der Waals surface area contributed by atoms with E-state index in [1.165, 1.54) is 0 Å². The molecular formula is C16H11N3OS. The highest BCUT2D eigenvalue weighted by Crippen LogP contribution is 2.20. The number of fused-ring (bicyclic) bond motifs is 1. The molecule has 0 radical (unpaired) electrons. The minimum atomic E-state index is -0.160. The molecule has 0 unspecified atom stereocenters. The Morgan fingerprint density at radius 3 is 2.71 bits per heavy atom. The average Bonchev–Trinajstić information content (AvgIpc) is 2.97. The van der Waals surface area contributed by atoms with E-state index in [0.717, 1.165) is 27.6 Å². The molecular weight excluding hydrogens is 282 g/mol. The fourth-order valence-corrected chi connectivity index (χ4v) is 2.43. The molecule has 0 saturated carbocycles. The third-order valence-electron chi connectivity index (χ3n) is 3.09. The lowest BCUT2D eigenvalue weighted by molar-refractivity contribution is 0.102. The summed E-state index contributed by atoms with van der Waals surface area (Å²) >= 11 is 1.09. The molecule has 2 aromatic carbocycles. The van der Waals surface area contributed by atoms with Gasteiger partial charge >= 0.3 is 0 Å². The van der Waals surface area contributed by atoms with Gasteiger partial charge in [0.25, 0.3) is 5.91 Å². The number of hydrogen-bond donors (Lipinski definition) is 2. The molecule has 1 amide bonds. The number of hydrogen-bond acceptors (Lipinski definition) is 3. The Labute approximate surface area is 125 Å². The summed E-state index contributed by atoms with van der Waals surface area (Å²) in [6.07, 6.45) is 1.85. The maximum Gasteiger partial charge on any atom is 0.255 e. The van der Waals surface area contributed by atoms with Gasteiger partial charge in [-0.2, -0.15) is 5.26 Å². The number of anilines is 1. The third kappa shape index (κ3) is 2.91. The first kappa shape index (κ1) is 13.3. The molecule has 0 fully saturated rings. The number of thiocyanates is 1. The fourth-order valence-electron chi connectivity index (χ4n) is 2.05. The van der Waals surface area contributed by atoms with Gasteiger partial charge in [-0.15, -0.1) is 0 Å². The molecule has 0 aliphatic rings. The van der Waals surface area contributed by atoms with Crippen molar-refractivity contribution >= 4 is 34.3 Å². The Hall–Kier alpha value is -2.71. The minimum absolute atomic E-state index is 0.160. The standard InChI is InChI=1S/C16H11N3OS/c17-10-21-14-5-3-13(4-6-14)19-16(20)12-2-1-11-7-8-18-15(11)9-12/h1-9,18H,(H,19,20). The Morgan fingerprint density at radius 1 is 1.14 bits per heavy atom. The van der Waals surface area contributed by atoms with E-state index in [2.05, 4.69) is 10.3 Å². The van der Waals surface area contributed by atoms with Crippen molar-refractivity contribution in [3.05, 3.63) is 60.3 Å². The summed E-state index contributed by atoms with van der Waals surface area (Å²) in [6, 6.07) is 14.7. The van der Waals surface area contributed by atoms with E-state index < -0.39 is 0 Å². The van der Waals surface area contributed by atoms with Crippen molar-refractivity contribution in [1.29, 1.82) is 5.26 Å². The lowest BCUT2D eigenvalue weighted by atomic mass is 10.1. The highest BCUT2D eigenvalue weighted by molar-refractivity contribution is 8.03. The normalized spacial score (nSPS) is 10.2. The minimum Gasteiger partial charge on any atom is -0.361 e. The third-order valence-corrected chi connectivity index (χ3v) is 3.69. The van der Waals surface area contributed by atoms with E-state index in [9.17, 15) is 4.79 Å². The van der Waals surface area contributed by atoms with Crippen LogP contribution < -0.4 is 5.32 Å². The Balaban J connectivity index is 1.77. The van der Waals surface area contributed by atoms with Crippen molar-refractivity contribution in [3.8, 4) is 5.40 Å². The molecule has 4 nitrogen and oxygen atoms in total. The zero-order valence-electron chi connectivity index (χ0n) is 11.0. The van der Waals surface area contributed by atoms with Gasteiger partial charge in [0.05, 0.1) is 0 Å². The maximum absolute atomic E-state index is 12.2. The average molecular weight is 293 g/mol. The molecule has 3 rings (SSSR count). The van der Waals surface area contributed by atoms with E-state index in [1.54, 1.807) is 30.3 Å². The number of nitrogens with zero attached hydrogens (tertiary/aromatic N) is 1. The van der Waals surface area contributed by atoms with Crippen LogP contribution in [0.15, 0.2) is 59.6 Å². The largest absolute Gasteiger partial charge is 0.361 e. The van der Waals surface area contributed by atoms with Crippen LogP contribution in [-0.2, 0) is 0 Å². The van der Waals surface area contributed by atoms with E-state index in [-0.39, 0.29) is 5.91 Å². The number of benzene rings is 2. The molecule has 102 valence electrons. The molecule has 0 bridgehead atoms. The molecule has 0 atom stereocenters. The van der Waals surface area contributed by atoms with Gasteiger partial charge in [0.1, 0.15) is 5.40 Å². The summed E-state index contributed by atoms with van der Waals surface area (Å²) in [4.78, 5) is 16.1. The summed E-state index contributed by atoms with van der Waals surface area (Å²) in [5.74, 6) is -0.160. The van der Waals surface area contributed by atoms with Crippen LogP contribution in [0.4, 0.5) is 5.69 Å². The van der Waals surface area contributed by atoms with Crippen LogP contribution in [0.3, 0.4) is 0 Å². The number of aromatic nitrogens is 1. The number of carbonyl (C=O) groups is 1. The number of carbonyl (C=O) groups excluding carboxylic acids is 1. The molecule has 0 aliphatic carbocycles. The molecule has 1 aromatic heterocycles. The fraction of sp³-hybridized carbons (Fsp3) is 0. The number of thioether (sulfide) groups is 1. The summed E-state index contributed by atoms with van der Waals surface area (Å²) in [7, 11) is 0. The van der Waals surface area contributed by atoms with Crippen LogP contribution in [0, 0.1) is 10.7 Å². The number of amides is 1. The van der Waals surface area contributed by atoms with Crippen LogP contribution in [0.25, 0.3) is 10.9 Å². The zero-order chi connectivity index (χ0) is 14.7. The van der Waals surface area contributed by atoms with E-state index in [1.807, 2.05) is 29.8 Å². The number of nitrogens with one attached hydrogen (secondary N) is 2. The van der Waals surface area contributed by atoms with Gasteiger partial charge in [0.15, 0.2) is 0 Å². The van der Waals surface area contributed by atoms with Crippen molar-refractivity contribution in [1.82, 2.24) is 4.98 Å². The van der Waals surface area contributed by atoms with Gasteiger partial charge in [0.2, 0.25) is 0 Å². The molecule has 3 aromatic rings. The first-order valence-corrected chi connectivity index (χ1v) is 7.12. The second-order valence-corrected chi connectivity index (χ2v) is 5.31. The van der Waals surface area contributed by atoms with Gasteiger partial charge in [-0.25, -0.2) is 0 Å². The van der Waals surface area contributed by atoms with Crippen LogP contribution in [0.1, 0.15) is 10.4 Å². The molecule has 0 spiro atoms. The lowest BCUT2D eigenvalue weighted by Crippen LogP contribution is -2.11. The van der Waals surface area contributed by atoms with Crippen molar-refractivity contribution in [2.24, 2.45) is 0 Å². The van der Waals surface area contributed by atoms with Crippen LogP contribution >= 0.6 is 11.8 Å². The number of nitriles is 1. The van der Waals surface area contributed by atoms with Crippen molar-refractivity contribution in [2.45, 2.75) is 4.90 Å². The second-order valence-electron chi connectivity index (χ2n) is 4.45. The molecule has 0 saturated heterocycles. The number of H-pyrrole nitrogens is 1. The predicted octanol–water partition coefficient (Wildman–Crippen LogP) is 3.99. The van der Waals surface area contributed by atoms with E-state index in [0.29, 0.717) is 11.3 Å². The summed E-state index contributed by atoms with van der Waals surface area (Å²) in [5, 5.41) is 14.5. The quantitative estimate of drug-likeness (QED) is 0.566. The Kier molecular flexibility index (Phi) is 3.63. The first-order chi connectivity index (χ1) is 10.3. The molecule has 21 heavy (non-hydrogen) atoms. The lowest BCUT2D eigenvalue weighted by Gasteiger charge is -2.06. The summed E-state index contributed by atoms with van der Waals surface area (Å²) < 4.78 is 0. The van der Waals surface area contributed by atoms with Gasteiger partial charge in [-0.3, -0.25) is 4.79 Å². The van der Waals surface area contributed by atoms with Crippen LogP contribution in [0.2, 0.25) is 0 Å². The van der Waals surface area contributed by atoms with Gasteiger partial charge in [-0.05, 0) is 59.6 Å². The van der Waals surface area contributed by atoms with Crippen LogP contribution in [0.5, 0.6) is 0 Å². The second kappa shape index (κ2) is 5.73. The molecule has 2 N–H and O–H groups in total.